The molecule has 108 valence electrons. The zero-order valence-electron chi connectivity index (χ0n) is 12.3. The summed E-state index contributed by atoms with van der Waals surface area (Å²) in [4.78, 5) is 0. The van der Waals surface area contributed by atoms with Gasteiger partial charge in [0.1, 0.15) is 17.1 Å². The summed E-state index contributed by atoms with van der Waals surface area (Å²) in [5.41, 5.74) is 0.468. The topological polar surface area (TPSA) is 62.5 Å². The number of hydrogen-bond acceptors (Lipinski definition) is 4. The normalized spacial score (nSPS) is 13.1. The summed E-state index contributed by atoms with van der Waals surface area (Å²) in [5, 5.41) is 19.9. The molecule has 2 aromatic rings. The van der Waals surface area contributed by atoms with Gasteiger partial charge in [-0.25, -0.2) is 0 Å². The zero-order valence-corrected chi connectivity index (χ0v) is 12.3. The fraction of sp³-hybridized carbons (Fsp3) is 0.235. The second kappa shape index (κ2) is 5.86. The molecule has 0 aliphatic carbocycles. The number of hydrogen-bond donors (Lipinski definition) is 1. The monoisotopic (exact) mass is 283 g/mol. The molecule has 4 heteroatoms. The van der Waals surface area contributed by atoms with Gasteiger partial charge in [0.2, 0.25) is 0 Å². The first kappa shape index (κ1) is 14.9. The molecule has 0 aliphatic rings. The lowest BCUT2D eigenvalue weighted by Gasteiger charge is -2.26. The first-order valence-electron chi connectivity index (χ1n) is 6.48. The van der Waals surface area contributed by atoms with Crippen LogP contribution in [0.25, 0.3) is 0 Å². The summed E-state index contributed by atoms with van der Waals surface area (Å²) in [6.45, 7) is 1.67. The predicted octanol–water partition coefficient (Wildman–Crippen LogP) is 2.83. The van der Waals surface area contributed by atoms with Gasteiger partial charge in [0.05, 0.1) is 25.9 Å². The van der Waals surface area contributed by atoms with Gasteiger partial charge in [0, 0.05) is 11.6 Å². The van der Waals surface area contributed by atoms with E-state index < -0.39 is 5.60 Å². The van der Waals surface area contributed by atoms with Gasteiger partial charge >= 0.3 is 0 Å². The van der Waals surface area contributed by atoms with Crippen LogP contribution in [0.4, 0.5) is 0 Å². The van der Waals surface area contributed by atoms with Crippen LogP contribution in [0.2, 0.25) is 0 Å². The second-order valence-electron chi connectivity index (χ2n) is 4.83. The molecule has 0 fully saturated rings. The lowest BCUT2D eigenvalue weighted by Crippen LogP contribution is -2.23. The van der Waals surface area contributed by atoms with Crippen molar-refractivity contribution in [2.75, 3.05) is 14.2 Å². The minimum absolute atomic E-state index is 0.500. The molecule has 21 heavy (non-hydrogen) atoms. The summed E-state index contributed by atoms with van der Waals surface area (Å²) in [5.74, 6) is 1.18. The summed E-state index contributed by atoms with van der Waals surface area (Å²) >= 11 is 0. The minimum atomic E-state index is -1.27. The fourth-order valence-electron chi connectivity index (χ4n) is 2.25. The van der Waals surface area contributed by atoms with Crippen LogP contribution < -0.4 is 9.47 Å². The number of rotatable bonds is 4. The van der Waals surface area contributed by atoms with Gasteiger partial charge in [-0.2, -0.15) is 5.26 Å². The molecule has 0 spiro atoms. The molecular weight excluding hydrogens is 266 g/mol. The van der Waals surface area contributed by atoms with E-state index in [9.17, 15) is 5.11 Å². The van der Waals surface area contributed by atoms with Crippen molar-refractivity contribution in [3.63, 3.8) is 0 Å². The number of aliphatic hydroxyl groups is 1. The highest BCUT2D eigenvalue weighted by atomic mass is 16.5. The highest BCUT2D eigenvalue weighted by Crippen LogP contribution is 2.37. The van der Waals surface area contributed by atoms with Crippen LogP contribution in [0.1, 0.15) is 23.6 Å². The fourth-order valence-corrected chi connectivity index (χ4v) is 2.25. The third-order valence-electron chi connectivity index (χ3n) is 3.49. The highest BCUT2D eigenvalue weighted by Gasteiger charge is 2.29. The predicted molar refractivity (Wildman–Crippen MR) is 79.4 cm³/mol. The van der Waals surface area contributed by atoms with Crippen LogP contribution in [0.3, 0.4) is 0 Å². The average molecular weight is 283 g/mol. The van der Waals surface area contributed by atoms with Gasteiger partial charge in [-0.1, -0.05) is 12.1 Å². The Bertz CT molecular complexity index is 687. The molecular formula is C17H17NO3. The van der Waals surface area contributed by atoms with Crippen molar-refractivity contribution in [2.24, 2.45) is 0 Å². The molecule has 1 N–H and O–H groups in total. The van der Waals surface area contributed by atoms with Crippen LogP contribution >= 0.6 is 0 Å². The molecule has 0 saturated carbocycles. The van der Waals surface area contributed by atoms with Gasteiger partial charge in [-0.3, -0.25) is 0 Å². The van der Waals surface area contributed by atoms with E-state index in [4.69, 9.17) is 14.7 Å². The molecule has 0 saturated heterocycles. The lowest BCUT2D eigenvalue weighted by molar-refractivity contribution is 0.0988. The van der Waals surface area contributed by atoms with Crippen LogP contribution in [0, 0.1) is 11.3 Å². The van der Waals surface area contributed by atoms with Crippen LogP contribution in [-0.4, -0.2) is 19.3 Å². The van der Waals surface area contributed by atoms with E-state index in [1.54, 1.807) is 63.6 Å². The second-order valence-corrected chi connectivity index (χ2v) is 4.83. The number of nitriles is 1. The molecule has 1 atom stereocenters. The van der Waals surface area contributed by atoms with Gasteiger partial charge in [0.25, 0.3) is 0 Å². The Morgan fingerprint density at radius 3 is 2.48 bits per heavy atom. The number of benzene rings is 2. The Labute approximate surface area is 124 Å². The van der Waals surface area contributed by atoms with Crippen molar-refractivity contribution in [1.82, 2.24) is 0 Å². The number of methoxy groups -OCH3 is 2. The molecule has 4 nitrogen and oxygen atoms in total. The maximum Gasteiger partial charge on any atom is 0.128 e. The number of nitrogens with zero attached hydrogens (tertiary/aromatic N) is 1. The Morgan fingerprint density at radius 1 is 1.10 bits per heavy atom. The van der Waals surface area contributed by atoms with Crippen molar-refractivity contribution in [3.8, 4) is 17.6 Å². The van der Waals surface area contributed by atoms with E-state index in [1.807, 2.05) is 0 Å². The highest BCUT2D eigenvalue weighted by molar-refractivity contribution is 5.49. The van der Waals surface area contributed by atoms with Gasteiger partial charge in [-0.15, -0.1) is 0 Å². The summed E-state index contributed by atoms with van der Waals surface area (Å²) in [7, 11) is 3.11. The first-order chi connectivity index (χ1) is 10.0. The van der Waals surface area contributed by atoms with Crippen LogP contribution in [0.15, 0.2) is 42.5 Å². The molecule has 0 bridgehead atoms. The Morgan fingerprint density at radius 2 is 1.86 bits per heavy atom. The largest absolute Gasteiger partial charge is 0.497 e. The summed E-state index contributed by atoms with van der Waals surface area (Å²) < 4.78 is 10.5. The van der Waals surface area contributed by atoms with E-state index in [0.29, 0.717) is 28.2 Å². The number of ether oxygens (including phenoxy) is 2. The molecule has 2 aromatic carbocycles. The quantitative estimate of drug-likeness (QED) is 0.937. The minimum Gasteiger partial charge on any atom is -0.497 e. The Balaban J connectivity index is 2.55. The van der Waals surface area contributed by atoms with Crippen molar-refractivity contribution < 1.29 is 14.6 Å². The van der Waals surface area contributed by atoms with E-state index in [1.165, 1.54) is 0 Å². The lowest BCUT2D eigenvalue weighted by atomic mass is 9.87. The van der Waals surface area contributed by atoms with E-state index in [0.717, 1.165) is 0 Å². The van der Waals surface area contributed by atoms with E-state index >= 15 is 0 Å². The van der Waals surface area contributed by atoms with Crippen molar-refractivity contribution in [1.29, 1.82) is 5.26 Å². The summed E-state index contributed by atoms with van der Waals surface area (Å²) in [6, 6.07) is 14.2. The molecule has 0 radical (unpaired) electrons. The van der Waals surface area contributed by atoms with Crippen LogP contribution in [0.5, 0.6) is 11.5 Å². The van der Waals surface area contributed by atoms with Crippen molar-refractivity contribution in [2.45, 2.75) is 12.5 Å². The van der Waals surface area contributed by atoms with Crippen molar-refractivity contribution in [3.05, 3.63) is 59.2 Å². The van der Waals surface area contributed by atoms with Crippen LogP contribution in [-0.2, 0) is 5.60 Å². The van der Waals surface area contributed by atoms with Gasteiger partial charge in [-0.05, 0) is 36.8 Å². The first-order valence-corrected chi connectivity index (χ1v) is 6.48. The maximum atomic E-state index is 10.9. The van der Waals surface area contributed by atoms with E-state index in [2.05, 4.69) is 6.07 Å². The Hall–Kier alpha value is -2.51. The van der Waals surface area contributed by atoms with Gasteiger partial charge < -0.3 is 14.6 Å². The third-order valence-corrected chi connectivity index (χ3v) is 3.49. The average Bonchev–Trinajstić information content (AvgIpc) is 2.54. The molecule has 1 unspecified atom stereocenters. The molecule has 0 aliphatic heterocycles. The smallest absolute Gasteiger partial charge is 0.128 e. The molecule has 0 amide bonds. The Kier molecular flexibility index (Phi) is 4.15. The molecule has 0 heterocycles. The SMILES string of the molecule is COc1ccc(C(C)(O)c2cccc(C#N)c2)c(OC)c1. The molecule has 0 aromatic heterocycles. The van der Waals surface area contributed by atoms with Crippen molar-refractivity contribution >= 4 is 0 Å². The summed E-state index contributed by atoms with van der Waals surface area (Å²) in [6.07, 6.45) is 0. The standard InChI is InChI=1S/C17H17NO3/c1-17(19,13-6-4-5-12(9-13)11-18)15-8-7-14(20-2)10-16(15)21-3/h4-10,19H,1-3H3. The van der Waals surface area contributed by atoms with Gasteiger partial charge in [0.15, 0.2) is 0 Å². The third kappa shape index (κ3) is 2.83. The molecule has 2 rings (SSSR count). The maximum absolute atomic E-state index is 10.9. The van der Waals surface area contributed by atoms with E-state index in [-0.39, 0.29) is 0 Å². The zero-order chi connectivity index (χ0) is 15.5.